The fourth-order valence-electron chi connectivity index (χ4n) is 1.11. The van der Waals surface area contributed by atoms with E-state index < -0.39 is 5.97 Å². The molecular formula is C11H12O4S. The van der Waals surface area contributed by atoms with Crippen LogP contribution in [0, 0.1) is 0 Å². The third kappa shape index (κ3) is 3.94. The lowest BCUT2D eigenvalue weighted by Gasteiger charge is -2.03. The molecular weight excluding hydrogens is 228 g/mol. The van der Waals surface area contributed by atoms with Gasteiger partial charge in [0.1, 0.15) is 5.75 Å². The molecule has 0 saturated carbocycles. The lowest BCUT2D eigenvalue weighted by Crippen LogP contribution is -2.06. The first-order chi connectivity index (χ1) is 7.63. The predicted molar refractivity (Wildman–Crippen MR) is 62.3 cm³/mol. The minimum Gasteiger partial charge on any atom is -0.497 e. The molecule has 0 atom stereocenters. The summed E-state index contributed by atoms with van der Waals surface area (Å²) in [5.74, 6) is -0.280. The van der Waals surface area contributed by atoms with E-state index >= 15 is 0 Å². The number of methoxy groups -OCH3 is 1. The van der Waals surface area contributed by atoms with Crippen molar-refractivity contribution in [2.45, 2.75) is 0 Å². The molecule has 0 aliphatic carbocycles. The molecule has 0 saturated heterocycles. The van der Waals surface area contributed by atoms with Crippen LogP contribution in [0.2, 0.25) is 0 Å². The predicted octanol–water partition coefficient (Wildman–Crippen LogP) is 1.70. The summed E-state index contributed by atoms with van der Waals surface area (Å²) in [5.41, 5.74) is 0.539. The highest BCUT2D eigenvalue weighted by molar-refractivity contribution is 8.00. The van der Waals surface area contributed by atoms with Crippen LogP contribution in [-0.4, -0.2) is 35.5 Å². The topological polar surface area (TPSA) is 63.6 Å². The number of Topliss-reactive ketones (excluding diaryl/α,β-unsaturated/α-hetero) is 1. The van der Waals surface area contributed by atoms with E-state index in [1.54, 1.807) is 24.3 Å². The van der Waals surface area contributed by atoms with E-state index in [1.165, 1.54) is 7.11 Å². The van der Waals surface area contributed by atoms with Crippen molar-refractivity contribution in [2.75, 3.05) is 18.6 Å². The maximum Gasteiger partial charge on any atom is 0.313 e. The molecule has 16 heavy (non-hydrogen) atoms. The number of rotatable bonds is 6. The van der Waals surface area contributed by atoms with E-state index in [4.69, 9.17) is 9.84 Å². The molecule has 0 aliphatic heterocycles. The lowest BCUT2D eigenvalue weighted by molar-refractivity contribution is -0.133. The van der Waals surface area contributed by atoms with Gasteiger partial charge in [-0.25, -0.2) is 0 Å². The number of thioether (sulfide) groups is 1. The normalized spacial score (nSPS) is 9.81. The maximum absolute atomic E-state index is 11.6. The highest BCUT2D eigenvalue weighted by Crippen LogP contribution is 2.14. The summed E-state index contributed by atoms with van der Waals surface area (Å²) in [6, 6.07) is 6.81. The number of ether oxygens (including phenoxy) is 1. The van der Waals surface area contributed by atoms with Crippen LogP contribution in [0.4, 0.5) is 0 Å². The summed E-state index contributed by atoms with van der Waals surface area (Å²) >= 11 is 1.09. The Bertz CT molecular complexity index is 389. The molecule has 0 radical (unpaired) electrons. The SMILES string of the molecule is COc1cccc(C(=O)CSCC(=O)O)c1. The average molecular weight is 240 g/mol. The van der Waals surface area contributed by atoms with Crippen molar-refractivity contribution in [3.63, 3.8) is 0 Å². The van der Waals surface area contributed by atoms with Gasteiger partial charge < -0.3 is 9.84 Å². The van der Waals surface area contributed by atoms with Crippen molar-refractivity contribution in [2.24, 2.45) is 0 Å². The van der Waals surface area contributed by atoms with E-state index in [0.29, 0.717) is 11.3 Å². The minimum atomic E-state index is -0.913. The van der Waals surface area contributed by atoms with Gasteiger partial charge in [-0.2, -0.15) is 0 Å². The average Bonchev–Trinajstić information content (AvgIpc) is 2.28. The number of hydrogen-bond acceptors (Lipinski definition) is 4. The molecule has 0 fully saturated rings. The minimum absolute atomic E-state index is 0.0598. The number of carbonyl (C=O) groups excluding carboxylic acids is 1. The molecule has 0 spiro atoms. The summed E-state index contributed by atoms with van der Waals surface area (Å²) < 4.78 is 4.99. The van der Waals surface area contributed by atoms with Gasteiger partial charge in [-0.1, -0.05) is 12.1 Å². The monoisotopic (exact) mass is 240 g/mol. The summed E-state index contributed by atoms with van der Waals surface area (Å²) in [5, 5.41) is 8.43. The quantitative estimate of drug-likeness (QED) is 0.767. The molecule has 86 valence electrons. The van der Waals surface area contributed by atoms with E-state index in [9.17, 15) is 9.59 Å². The van der Waals surface area contributed by atoms with Gasteiger partial charge in [0.2, 0.25) is 0 Å². The second kappa shape index (κ2) is 6.17. The van der Waals surface area contributed by atoms with Crippen LogP contribution in [0.5, 0.6) is 5.75 Å². The van der Waals surface area contributed by atoms with Crippen LogP contribution in [0.15, 0.2) is 24.3 Å². The van der Waals surface area contributed by atoms with Gasteiger partial charge in [0.15, 0.2) is 5.78 Å². The van der Waals surface area contributed by atoms with E-state index in [2.05, 4.69) is 0 Å². The van der Waals surface area contributed by atoms with E-state index in [-0.39, 0.29) is 17.3 Å². The maximum atomic E-state index is 11.6. The highest BCUT2D eigenvalue weighted by Gasteiger charge is 2.08. The number of carbonyl (C=O) groups is 2. The first-order valence-electron chi connectivity index (χ1n) is 4.60. The van der Waals surface area contributed by atoms with Crippen LogP contribution in [0.1, 0.15) is 10.4 Å². The summed E-state index contributed by atoms with van der Waals surface area (Å²) in [7, 11) is 1.53. The Balaban J connectivity index is 2.55. The molecule has 1 N–H and O–H groups in total. The van der Waals surface area contributed by atoms with Crippen LogP contribution in [-0.2, 0) is 4.79 Å². The Morgan fingerprint density at radius 1 is 1.38 bits per heavy atom. The fourth-order valence-corrected chi connectivity index (χ4v) is 1.74. The number of carboxylic acid groups (broad SMARTS) is 1. The number of ketones is 1. The van der Waals surface area contributed by atoms with Gasteiger partial charge in [-0.05, 0) is 12.1 Å². The van der Waals surface area contributed by atoms with Crippen LogP contribution in [0.3, 0.4) is 0 Å². The zero-order chi connectivity index (χ0) is 12.0. The Morgan fingerprint density at radius 2 is 2.12 bits per heavy atom. The zero-order valence-electron chi connectivity index (χ0n) is 8.80. The van der Waals surface area contributed by atoms with Crippen LogP contribution >= 0.6 is 11.8 Å². The summed E-state index contributed by atoms with van der Waals surface area (Å²) in [6.07, 6.45) is 0. The van der Waals surface area contributed by atoms with E-state index in [0.717, 1.165) is 11.8 Å². The second-order valence-electron chi connectivity index (χ2n) is 3.04. The van der Waals surface area contributed by atoms with Crippen molar-refractivity contribution in [1.29, 1.82) is 0 Å². The Hall–Kier alpha value is -1.49. The molecule has 0 unspecified atom stereocenters. The largest absolute Gasteiger partial charge is 0.497 e. The molecule has 1 aromatic rings. The fraction of sp³-hybridized carbons (Fsp3) is 0.273. The number of carboxylic acids is 1. The molecule has 0 heterocycles. The summed E-state index contributed by atoms with van der Waals surface area (Å²) in [6.45, 7) is 0. The number of hydrogen-bond donors (Lipinski definition) is 1. The highest BCUT2D eigenvalue weighted by atomic mass is 32.2. The van der Waals surface area contributed by atoms with Crippen LogP contribution < -0.4 is 4.74 Å². The third-order valence-electron chi connectivity index (χ3n) is 1.85. The summed E-state index contributed by atoms with van der Waals surface area (Å²) in [4.78, 5) is 21.9. The molecule has 5 heteroatoms. The Labute approximate surface area is 97.6 Å². The lowest BCUT2D eigenvalue weighted by atomic mass is 10.1. The van der Waals surface area contributed by atoms with Crippen LogP contribution in [0.25, 0.3) is 0 Å². The first kappa shape index (κ1) is 12.6. The molecule has 1 aromatic carbocycles. The van der Waals surface area contributed by atoms with Gasteiger partial charge in [-0.3, -0.25) is 9.59 Å². The standard InChI is InChI=1S/C11H12O4S/c1-15-9-4-2-3-8(5-9)10(12)6-16-7-11(13)14/h2-5H,6-7H2,1H3,(H,13,14). The second-order valence-corrected chi connectivity index (χ2v) is 4.03. The van der Waals surface area contributed by atoms with Crippen molar-refractivity contribution >= 4 is 23.5 Å². The van der Waals surface area contributed by atoms with Gasteiger partial charge >= 0.3 is 5.97 Å². The van der Waals surface area contributed by atoms with Crippen molar-refractivity contribution in [3.05, 3.63) is 29.8 Å². The molecule has 0 aliphatic rings. The molecule has 0 amide bonds. The van der Waals surface area contributed by atoms with Gasteiger partial charge in [0, 0.05) is 5.56 Å². The first-order valence-corrected chi connectivity index (χ1v) is 5.75. The zero-order valence-corrected chi connectivity index (χ0v) is 9.62. The molecule has 0 bridgehead atoms. The molecule has 1 rings (SSSR count). The molecule has 4 nitrogen and oxygen atoms in total. The molecule has 0 aromatic heterocycles. The Kier molecular flexibility index (Phi) is 4.85. The smallest absolute Gasteiger partial charge is 0.313 e. The number of benzene rings is 1. The van der Waals surface area contributed by atoms with Gasteiger partial charge in [0.25, 0.3) is 0 Å². The van der Waals surface area contributed by atoms with Gasteiger partial charge in [0.05, 0.1) is 18.6 Å². The van der Waals surface area contributed by atoms with Crippen molar-refractivity contribution in [1.82, 2.24) is 0 Å². The van der Waals surface area contributed by atoms with Crippen molar-refractivity contribution in [3.8, 4) is 5.75 Å². The number of aliphatic carboxylic acids is 1. The third-order valence-corrected chi connectivity index (χ3v) is 2.77. The van der Waals surface area contributed by atoms with Gasteiger partial charge in [-0.15, -0.1) is 11.8 Å². The van der Waals surface area contributed by atoms with E-state index in [1.807, 2.05) is 0 Å². The van der Waals surface area contributed by atoms with Crippen molar-refractivity contribution < 1.29 is 19.4 Å². The Morgan fingerprint density at radius 3 is 2.75 bits per heavy atom.